The molecule has 0 unspecified atom stereocenters. The summed E-state index contributed by atoms with van der Waals surface area (Å²) in [4.78, 5) is 6.89. The average molecular weight is 503 g/mol. The molecule has 160 valence electrons. The van der Waals surface area contributed by atoms with Crippen molar-refractivity contribution in [1.29, 1.82) is 0 Å². The maximum atomic E-state index is 5.85. The summed E-state index contributed by atoms with van der Waals surface area (Å²) < 4.78 is 3.37. The van der Waals surface area contributed by atoms with E-state index in [1.807, 2.05) is 42.6 Å². The monoisotopic (exact) mass is 502 g/mol. The highest BCUT2D eigenvalue weighted by Gasteiger charge is 2.42. The molecule has 1 fully saturated rings. The number of thiocarbonyl (C=S) groups is 1. The quantitative estimate of drug-likeness (QED) is 0.326. The normalized spacial score (nSPS) is 18.1. The zero-order chi connectivity index (χ0) is 22.2. The second-order valence-electron chi connectivity index (χ2n) is 7.95. The number of hydrogen-bond acceptors (Lipinski definition) is 2. The Morgan fingerprint density at radius 1 is 0.938 bits per heavy atom. The first-order valence-corrected chi connectivity index (χ1v) is 11.8. The van der Waals surface area contributed by atoms with Crippen molar-refractivity contribution in [2.75, 3.05) is 4.90 Å². The molecule has 1 aliphatic rings. The average Bonchev–Trinajstić information content (AvgIpc) is 3.31. The molecular weight excluding hydrogens is 480 g/mol. The van der Waals surface area contributed by atoms with Gasteiger partial charge in [-0.05, 0) is 90.0 Å². The number of anilines is 1. The number of hydrogen-bond donors (Lipinski definition) is 1. The molecule has 0 bridgehead atoms. The van der Waals surface area contributed by atoms with Crippen LogP contribution in [0.3, 0.4) is 0 Å². The zero-order valence-corrected chi connectivity index (χ0v) is 20.3. The Morgan fingerprint density at radius 2 is 1.66 bits per heavy atom. The standard InChI is InChI=1S/C26H23BrN4S/c1-17-16-20(18(2)30(17)23-14-7-6-12-21(23)27)25-24(22-13-8-9-15-28-22)29-26(32)31(25)19-10-4-3-5-11-19/h3-16,24-25H,1-2H3,(H,29,32)/t24-,25+/m0/s1. The predicted octanol–water partition coefficient (Wildman–Crippen LogP) is 6.43. The van der Waals surface area contributed by atoms with Crippen molar-refractivity contribution in [3.05, 3.63) is 112 Å². The van der Waals surface area contributed by atoms with Gasteiger partial charge >= 0.3 is 0 Å². The van der Waals surface area contributed by atoms with Crippen LogP contribution in [0.2, 0.25) is 0 Å². The number of pyridine rings is 1. The molecule has 4 aromatic rings. The van der Waals surface area contributed by atoms with Crippen LogP contribution >= 0.6 is 28.1 Å². The number of nitrogens with one attached hydrogen (secondary N) is 1. The van der Waals surface area contributed by atoms with Gasteiger partial charge in [-0.3, -0.25) is 4.98 Å². The number of rotatable bonds is 4. The minimum Gasteiger partial charge on any atom is -0.351 e. The van der Waals surface area contributed by atoms with Crippen LogP contribution in [-0.2, 0) is 0 Å². The van der Waals surface area contributed by atoms with E-state index in [1.54, 1.807) is 0 Å². The second kappa shape index (κ2) is 8.52. The Balaban J connectivity index is 1.70. The van der Waals surface area contributed by atoms with Crippen LogP contribution in [0.25, 0.3) is 5.69 Å². The molecule has 1 N–H and O–H groups in total. The Bertz CT molecular complexity index is 1270. The predicted molar refractivity (Wildman–Crippen MR) is 137 cm³/mol. The van der Waals surface area contributed by atoms with Crippen molar-refractivity contribution >= 4 is 38.9 Å². The molecule has 5 rings (SSSR count). The fraction of sp³-hybridized carbons (Fsp3) is 0.154. The maximum absolute atomic E-state index is 5.85. The lowest BCUT2D eigenvalue weighted by molar-refractivity contribution is 0.565. The van der Waals surface area contributed by atoms with E-state index >= 15 is 0 Å². The highest BCUT2D eigenvalue weighted by Crippen LogP contribution is 2.43. The van der Waals surface area contributed by atoms with Gasteiger partial charge in [0, 0.05) is 27.7 Å². The number of benzene rings is 2. The molecule has 0 radical (unpaired) electrons. The highest BCUT2D eigenvalue weighted by molar-refractivity contribution is 9.10. The van der Waals surface area contributed by atoms with Crippen molar-refractivity contribution in [3.63, 3.8) is 0 Å². The summed E-state index contributed by atoms with van der Waals surface area (Å²) in [6.07, 6.45) is 1.84. The summed E-state index contributed by atoms with van der Waals surface area (Å²) in [6.45, 7) is 4.33. The van der Waals surface area contributed by atoms with Crippen LogP contribution in [0, 0.1) is 13.8 Å². The molecule has 4 nitrogen and oxygen atoms in total. The number of aromatic nitrogens is 2. The highest BCUT2D eigenvalue weighted by atomic mass is 79.9. The third-order valence-corrected chi connectivity index (χ3v) is 7.00. The van der Waals surface area contributed by atoms with E-state index in [-0.39, 0.29) is 12.1 Å². The van der Waals surface area contributed by atoms with E-state index in [0.717, 1.165) is 21.5 Å². The Labute approximate surface area is 202 Å². The van der Waals surface area contributed by atoms with Gasteiger partial charge in [-0.15, -0.1) is 0 Å². The van der Waals surface area contributed by atoms with E-state index in [4.69, 9.17) is 12.2 Å². The lowest BCUT2D eigenvalue weighted by Crippen LogP contribution is -2.29. The molecule has 1 aliphatic heterocycles. The van der Waals surface area contributed by atoms with Gasteiger partial charge in [-0.2, -0.15) is 0 Å². The summed E-state index contributed by atoms with van der Waals surface area (Å²) in [5.41, 5.74) is 6.76. The van der Waals surface area contributed by atoms with E-state index in [9.17, 15) is 0 Å². The van der Waals surface area contributed by atoms with Crippen molar-refractivity contribution in [1.82, 2.24) is 14.9 Å². The zero-order valence-electron chi connectivity index (χ0n) is 17.9. The van der Waals surface area contributed by atoms with Crippen LogP contribution in [0.15, 0.2) is 89.5 Å². The number of para-hydroxylation sites is 2. The smallest absolute Gasteiger partial charge is 0.174 e. The Kier molecular flexibility index (Phi) is 5.57. The Morgan fingerprint density at radius 3 is 2.38 bits per heavy atom. The summed E-state index contributed by atoms with van der Waals surface area (Å²) in [7, 11) is 0. The van der Waals surface area contributed by atoms with Gasteiger partial charge in [0.15, 0.2) is 5.11 Å². The van der Waals surface area contributed by atoms with Gasteiger partial charge in [0.05, 0.1) is 23.5 Å². The van der Waals surface area contributed by atoms with Crippen molar-refractivity contribution in [3.8, 4) is 5.69 Å². The van der Waals surface area contributed by atoms with Crippen molar-refractivity contribution in [2.45, 2.75) is 25.9 Å². The minimum atomic E-state index is -0.0583. The minimum absolute atomic E-state index is 0.0257. The topological polar surface area (TPSA) is 33.1 Å². The van der Waals surface area contributed by atoms with E-state index in [2.05, 4.69) is 92.0 Å². The van der Waals surface area contributed by atoms with Gasteiger partial charge in [-0.25, -0.2) is 0 Å². The summed E-state index contributed by atoms with van der Waals surface area (Å²) in [5, 5.41) is 4.26. The molecule has 32 heavy (non-hydrogen) atoms. The van der Waals surface area contributed by atoms with Crippen LogP contribution in [0.4, 0.5) is 5.69 Å². The first-order valence-electron chi connectivity index (χ1n) is 10.6. The van der Waals surface area contributed by atoms with Crippen LogP contribution in [0.5, 0.6) is 0 Å². The maximum Gasteiger partial charge on any atom is 0.174 e. The molecule has 0 spiro atoms. The molecule has 1 saturated heterocycles. The summed E-state index contributed by atoms with van der Waals surface area (Å²) in [5.74, 6) is 0. The van der Waals surface area contributed by atoms with Crippen LogP contribution in [-0.4, -0.2) is 14.7 Å². The second-order valence-corrected chi connectivity index (χ2v) is 9.19. The third kappa shape index (κ3) is 3.53. The molecule has 6 heteroatoms. The summed E-state index contributed by atoms with van der Waals surface area (Å²) >= 11 is 9.57. The van der Waals surface area contributed by atoms with E-state index in [1.165, 1.54) is 17.0 Å². The molecule has 0 aliphatic carbocycles. The van der Waals surface area contributed by atoms with Gasteiger partial charge in [-0.1, -0.05) is 36.4 Å². The Hall–Kier alpha value is -2.96. The SMILES string of the molecule is Cc1cc([C@@H]2[C@H](c3ccccn3)NC(=S)N2c2ccccc2)c(C)n1-c1ccccc1Br. The first kappa shape index (κ1) is 20.9. The van der Waals surface area contributed by atoms with E-state index in [0.29, 0.717) is 5.11 Å². The fourth-order valence-corrected chi connectivity index (χ4v) is 5.44. The summed E-state index contributed by atoms with van der Waals surface area (Å²) in [6, 6.07) is 26.9. The van der Waals surface area contributed by atoms with Crippen molar-refractivity contribution < 1.29 is 0 Å². The van der Waals surface area contributed by atoms with Gasteiger partial charge in [0.25, 0.3) is 0 Å². The number of halogens is 1. The number of nitrogens with zero attached hydrogens (tertiary/aromatic N) is 3. The molecule has 3 heterocycles. The van der Waals surface area contributed by atoms with Gasteiger partial charge in [0.1, 0.15) is 0 Å². The molecule has 2 aromatic heterocycles. The molecule has 0 amide bonds. The van der Waals surface area contributed by atoms with E-state index < -0.39 is 0 Å². The lowest BCUT2D eigenvalue weighted by atomic mass is 9.96. The molecule has 0 saturated carbocycles. The molecule has 2 atom stereocenters. The molecular formula is C26H23BrN4S. The largest absolute Gasteiger partial charge is 0.351 e. The fourth-order valence-electron chi connectivity index (χ4n) is 4.63. The molecule has 2 aromatic carbocycles. The lowest BCUT2D eigenvalue weighted by Gasteiger charge is -2.28. The number of aryl methyl sites for hydroxylation is 1. The van der Waals surface area contributed by atoms with Gasteiger partial charge in [0.2, 0.25) is 0 Å². The van der Waals surface area contributed by atoms with Crippen LogP contribution in [0.1, 0.15) is 34.7 Å². The first-order chi connectivity index (χ1) is 15.6. The van der Waals surface area contributed by atoms with Crippen molar-refractivity contribution in [2.24, 2.45) is 0 Å². The van der Waals surface area contributed by atoms with Crippen LogP contribution < -0.4 is 10.2 Å². The van der Waals surface area contributed by atoms with Gasteiger partial charge < -0.3 is 14.8 Å². The third-order valence-electron chi connectivity index (χ3n) is 6.01.